The van der Waals surface area contributed by atoms with Crippen LogP contribution in [0.2, 0.25) is 0 Å². The molecule has 0 spiro atoms. The summed E-state index contributed by atoms with van der Waals surface area (Å²) in [6.45, 7) is 6.67. The van der Waals surface area contributed by atoms with Gasteiger partial charge in [-0.05, 0) is 31.4 Å². The van der Waals surface area contributed by atoms with Crippen molar-refractivity contribution in [2.75, 3.05) is 58.6 Å². The monoisotopic (exact) mass is 509 g/mol. The maximum atomic E-state index is 12.5. The number of halogens is 1. The van der Waals surface area contributed by atoms with Gasteiger partial charge in [0.05, 0.1) is 0 Å². The Bertz CT molecular complexity index is 473. The van der Waals surface area contributed by atoms with Crippen LogP contribution in [0.3, 0.4) is 0 Å². The predicted octanol–water partition coefficient (Wildman–Crippen LogP) is 2.00. The quantitative estimate of drug-likeness (QED) is 0.326. The first-order valence-corrected chi connectivity index (χ1v) is 11.4. The molecule has 1 aliphatic carbocycles. The van der Waals surface area contributed by atoms with Crippen LogP contribution in [-0.4, -0.2) is 85.5 Å². The molecule has 3 rings (SSSR count). The van der Waals surface area contributed by atoms with E-state index in [0.29, 0.717) is 11.8 Å². The third-order valence-electron chi connectivity index (χ3n) is 5.85. The van der Waals surface area contributed by atoms with Crippen LogP contribution in [-0.2, 0) is 4.79 Å². The van der Waals surface area contributed by atoms with E-state index in [0.717, 1.165) is 69.9 Å². The minimum Gasteiger partial charge on any atom is -0.355 e. The highest BCUT2D eigenvalue weighted by atomic mass is 127. The highest BCUT2D eigenvalue weighted by Gasteiger charge is 2.29. The zero-order chi connectivity index (χ0) is 18.2. The van der Waals surface area contributed by atoms with E-state index in [4.69, 9.17) is 0 Å². The molecular weight excluding hydrogens is 473 g/mol. The molecule has 6 nitrogen and oxygen atoms in total. The Labute approximate surface area is 185 Å². The fraction of sp³-hybridized carbons (Fsp3) is 0.895. The molecule has 2 saturated heterocycles. The van der Waals surface area contributed by atoms with E-state index in [2.05, 4.69) is 37.2 Å². The molecule has 156 valence electrons. The molecule has 0 aromatic heterocycles. The van der Waals surface area contributed by atoms with Crippen molar-refractivity contribution in [1.82, 2.24) is 20.4 Å². The molecule has 0 bridgehead atoms. The summed E-state index contributed by atoms with van der Waals surface area (Å²) in [5.41, 5.74) is 0. The molecule has 1 atom stereocenters. The summed E-state index contributed by atoms with van der Waals surface area (Å²) in [7, 11) is 1.84. The molecule has 0 aromatic carbocycles. The number of guanidine groups is 1. The lowest BCUT2D eigenvalue weighted by Gasteiger charge is -2.36. The Morgan fingerprint density at radius 3 is 2.44 bits per heavy atom. The Morgan fingerprint density at radius 2 is 1.81 bits per heavy atom. The topological polar surface area (TPSA) is 60.0 Å². The SMILES string of the molecule is CN=C(NCCN1CCN(C(=O)C2CCCC2)CC1)NCC1CCCS1.I. The summed E-state index contributed by atoms with van der Waals surface area (Å²) in [5.74, 6) is 2.94. The maximum absolute atomic E-state index is 12.5. The lowest BCUT2D eigenvalue weighted by Crippen LogP contribution is -2.52. The van der Waals surface area contributed by atoms with Crippen molar-refractivity contribution in [3.05, 3.63) is 0 Å². The van der Waals surface area contributed by atoms with Crippen LogP contribution in [0.25, 0.3) is 0 Å². The molecule has 27 heavy (non-hydrogen) atoms. The average molecular weight is 510 g/mol. The first-order valence-electron chi connectivity index (χ1n) is 10.3. The molecule has 0 radical (unpaired) electrons. The molecule has 1 saturated carbocycles. The van der Waals surface area contributed by atoms with Gasteiger partial charge < -0.3 is 15.5 Å². The minimum absolute atomic E-state index is 0. The van der Waals surface area contributed by atoms with E-state index in [9.17, 15) is 4.79 Å². The van der Waals surface area contributed by atoms with Crippen molar-refractivity contribution in [2.24, 2.45) is 10.9 Å². The number of rotatable bonds is 6. The largest absolute Gasteiger partial charge is 0.355 e. The second-order valence-electron chi connectivity index (χ2n) is 7.66. The minimum atomic E-state index is 0. The van der Waals surface area contributed by atoms with Gasteiger partial charge in [-0.15, -0.1) is 24.0 Å². The molecule has 1 amide bonds. The van der Waals surface area contributed by atoms with Crippen molar-refractivity contribution in [2.45, 2.75) is 43.8 Å². The number of nitrogens with one attached hydrogen (secondary N) is 2. The van der Waals surface area contributed by atoms with Crippen LogP contribution in [0.15, 0.2) is 4.99 Å². The van der Waals surface area contributed by atoms with E-state index in [1.165, 1.54) is 31.4 Å². The second kappa shape index (κ2) is 12.4. The number of thioether (sulfide) groups is 1. The van der Waals surface area contributed by atoms with Gasteiger partial charge >= 0.3 is 0 Å². The summed E-state index contributed by atoms with van der Waals surface area (Å²) < 4.78 is 0. The number of aliphatic imine (C=N–C) groups is 1. The van der Waals surface area contributed by atoms with Gasteiger partial charge in [0.25, 0.3) is 0 Å². The first-order chi connectivity index (χ1) is 12.8. The molecule has 1 unspecified atom stereocenters. The highest BCUT2D eigenvalue weighted by molar-refractivity contribution is 14.0. The average Bonchev–Trinajstić information content (AvgIpc) is 3.38. The zero-order valence-corrected chi connectivity index (χ0v) is 19.8. The number of piperazine rings is 1. The molecular formula is C19H36IN5OS. The van der Waals surface area contributed by atoms with Gasteiger partial charge in [0.1, 0.15) is 0 Å². The van der Waals surface area contributed by atoms with Crippen LogP contribution in [0.5, 0.6) is 0 Å². The second-order valence-corrected chi connectivity index (χ2v) is 9.07. The number of carbonyl (C=O) groups is 1. The van der Waals surface area contributed by atoms with E-state index in [-0.39, 0.29) is 24.0 Å². The Kier molecular flexibility index (Phi) is 10.6. The third kappa shape index (κ3) is 7.27. The van der Waals surface area contributed by atoms with Crippen LogP contribution in [0.4, 0.5) is 0 Å². The number of carbonyl (C=O) groups excluding carboxylic acids is 1. The van der Waals surface area contributed by atoms with E-state index in [1.807, 2.05) is 7.05 Å². The Balaban J connectivity index is 0.00000261. The molecule has 2 N–H and O–H groups in total. The van der Waals surface area contributed by atoms with Gasteiger partial charge in [-0.3, -0.25) is 14.7 Å². The predicted molar refractivity (Wildman–Crippen MR) is 125 cm³/mol. The third-order valence-corrected chi connectivity index (χ3v) is 7.25. The van der Waals surface area contributed by atoms with Crippen LogP contribution in [0.1, 0.15) is 38.5 Å². The van der Waals surface area contributed by atoms with Crippen molar-refractivity contribution in [1.29, 1.82) is 0 Å². The summed E-state index contributed by atoms with van der Waals surface area (Å²) in [4.78, 5) is 21.4. The Hall–Kier alpha value is -0.220. The van der Waals surface area contributed by atoms with E-state index >= 15 is 0 Å². The summed E-state index contributed by atoms with van der Waals surface area (Å²) >= 11 is 2.07. The lowest BCUT2D eigenvalue weighted by atomic mass is 10.1. The lowest BCUT2D eigenvalue weighted by molar-refractivity contribution is -0.137. The van der Waals surface area contributed by atoms with Gasteiger partial charge in [-0.25, -0.2) is 0 Å². The van der Waals surface area contributed by atoms with Crippen LogP contribution in [0, 0.1) is 5.92 Å². The van der Waals surface area contributed by atoms with Crippen molar-refractivity contribution >= 4 is 47.6 Å². The summed E-state index contributed by atoms with van der Waals surface area (Å²) in [6.07, 6.45) is 7.34. The fourth-order valence-corrected chi connectivity index (χ4v) is 5.39. The maximum Gasteiger partial charge on any atom is 0.225 e. The summed E-state index contributed by atoms with van der Waals surface area (Å²) in [6, 6.07) is 0. The summed E-state index contributed by atoms with van der Waals surface area (Å²) in [5, 5.41) is 7.61. The molecule has 8 heteroatoms. The smallest absolute Gasteiger partial charge is 0.225 e. The zero-order valence-electron chi connectivity index (χ0n) is 16.6. The van der Waals surface area contributed by atoms with E-state index in [1.54, 1.807) is 0 Å². The van der Waals surface area contributed by atoms with Crippen LogP contribution < -0.4 is 10.6 Å². The highest BCUT2D eigenvalue weighted by Crippen LogP contribution is 2.27. The van der Waals surface area contributed by atoms with Gasteiger partial charge in [0.2, 0.25) is 5.91 Å². The van der Waals surface area contributed by atoms with Crippen molar-refractivity contribution in [3.8, 4) is 0 Å². The number of hydrogen-bond donors (Lipinski definition) is 2. The number of amides is 1. The molecule has 2 aliphatic heterocycles. The molecule has 2 heterocycles. The van der Waals surface area contributed by atoms with Gasteiger partial charge in [0, 0.05) is 64.0 Å². The van der Waals surface area contributed by atoms with Crippen LogP contribution >= 0.6 is 35.7 Å². The van der Waals surface area contributed by atoms with Crippen molar-refractivity contribution < 1.29 is 4.79 Å². The standard InChI is InChI=1S/C19H35N5OS.HI/c1-20-19(22-15-17-7-4-14-26-17)21-8-9-23-10-12-24(13-11-23)18(25)16-5-2-3-6-16;/h16-17H,2-15H2,1H3,(H2,20,21,22);1H. The van der Waals surface area contributed by atoms with Gasteiger partial charge in [-0.2, -0.15) is 11.8 Å². The number of nitrogens with zero attached hydrogens (tertiary/aromatic N) is 3. The van der Waals surface area contributed by atoms with E-state index < -0.39 is 0 Å². The molecule has 0 aromatic rings. The number of hydrogen-bond acceptors (Lipinski definition) is 4. The van der Waals surface area contributed by atoms with Gasteiger partial charge in [-0.1, -0.05) is 12.8 Å². The molecule has 3 fully saturated rings. The molecule has 3 aliphatic rings. The van der Waals surface area contributed by atoms with Crippen molar-refractivity contribution in [3.63, 3.8) is 0 Å². The Morgan fingerprint density at radius 1 is 1.07 bits per heavy atom. The van der Waals surface area contributed by atoms with Gasteiger partial charge in [0.15, 0.2) is 5.96 Å². The normalized spacial score (nSPS) is 24.7. The first kappa shape index (κ1) is 23.1. The fourth-order valence-electron chi connectivity index (χ4n) is 4.19.